The lowest BCUT2D eigenvalue weighted by Gasteiger charge is -2.52. The Morgan fingerprint density at radius 3 is 2.36 bits per heavy atom. The lowest BCUT2D eigenvalue weighted by molar-refractivity contribution is -0.128. The van der Waals surface area contributed by atoms with Crippen LogP contribution in [0, 0.1) is 5.92 Å². The number of carbonyl (C=O) groups is 1. The molecule has 0 spiro atoms. The molecule has 2 heterocycles. The van der Waals surface area contributed by atoms with Crippen LogP contribution >= 0.6 is 15.9 Å². The minimum atomic E-state index is 0.135. The van der Waals surface area contributed by atoms with Crippen LogP contribution in [0.5, 0.6) is 0 Å². The molecule has 0 N–H and O–H groups in total. The summed E-state index contributed by atoms with van der Waals surface area (Å²) in [4.78, 5) is 14.9. The van der Waals surface area contributed by atoms with Crippen LogP contribution in [0.1, 0.15) is 30.9 Å². The summed E-state index contributed by atoms with van der Waals surface area (Å²) in [5.41, 5.74) is 2.48. The van der Waals surface area contributed by atoms with Crippen molar-refractivity contribution in [2.45, 2.75) is 31.3 Å². The van der Waals surface area contributed by atoms with Crippen molar-refractivity contribution in [1.29, 1.82) is 0 Å². The third-order valence-corrected chi connectivity index (χ3v) is 5.53. The predicted molar refractivity (Wildman–Crippen MR) is 91.9 cm³/mol. The number of hydrogen-bond donors (Lipinski definition) is 0. The molecule has 3 aliphatic rings. The average molecular weight is 356 g/mol. The van der Waals surface area contributed by atoms with E-state index in [1.165, 1.54) is 11.3 Å². The molecular formula is C19H18BrNO. The molecule has 2 bridgehead atoms. The van der Waals surface area contributed by atoms with Gasteiger partial charge in [-0.3, -0.25) is 4.79 Å². The van der Waals surface area contributed by atoms with E-state index in [0.717, 1.165) is 17.3 Å². The number of nitrogens with zero attached hydrogens (tertiary/aromatic N) is 1. The topological polar surface area (TPSA) is 20.3 Å². The zero-order valence-corrected chi connectivity index (χ0v) is 13.9. The highest BCUT2D eigenvalue weighted by Crippen LogP contribution is 2.47. The van der Waals surface area contributed by atoms with E-state index in [2.05, 4.69) is 69.4 Å². The number of benzene rings is 2. The van der Waals surface area contributed by atoms with Gasteiger partial charge in [-0.1, -0.05) is 46.3 Å². The Labute approximate surface area is 139 Å². The Hall–Kier alpha value is -1.61. The Bertz CT molecular complexity index is 682. The molecule has 5 rings (SSSR count). The van der Waals surface area contributed by atoms with Crippen molar-refractivity contribution in [3.63, 3.8) is 0 Å². The van der Waals surface area contributed by atoms with Crippen molar-refractivity contribution >= 4 is 27.4 Å². The minimum absolute atomic E-state index is 0.135. The fraction of sp³-hybridized carbons (Fsp3) is 0.316. The molecule has 2 aliphatic heterocycles. The minimum Gasteiger partial charge on any atom is -0.360 e. The zero-order chi connectivity index (χ0) is 15.1. The lowest BCUT2D eigenvalue weighted by atomic mass is 9.71. The molecule has 2 aromatic rings. The molecule has 2 saturated heterocycles. The summed E-state index contributed by atoms with van der Waals surface area (Å²) in [7, 11) is 0. The molecular weight excluding hydrogens is 338 g/mol. The molecule has 112 valence electrons. The summed E-state index contributed by atoms with van der Waals surface area (Å²) in [6.07, 6.45) is 2.84. The molecule has 0 radical (unpaired) electrons. The Morgan fingerprint density at radius 1 is 0.955 bits per heavy atom. The summed E-state index contributed by atoms with van der Waals surface area (Å²) in [5.74, 6) is 0.578. The van der Waals surface area contributed by atoms with Gasteiger partial charge in [0.25, 0.3) is 0 Å². The first-order chi connectivity index (χ1) is 10.7. The number of rotatable bonds is 2. The number of piperidine rings is 2. The first kappa shape index (κ1) is 14.0. The number of hydrogen-bond acceptors (Lipinski definition) is 2. The molecule has 2 aromatic carbocycles. The third kappa shape index (κ3) is 2.28. The first-order valence-corrected chi connectivity index (χ1v) is 8.65. The van der Waals surface area contributed by atoms with E-state index in [9.17, 15) is 4.79 Å². The van der Waals surface area contributed by atoms with Crippen LogP contribution in [0.3, 0.4) is 0 Å². The van der Waals surface area contributed by atoms with Gasteiger partial charge >= 0.3 is 0 Å². The van der Waals surface area contributed by atoms with Crippen LogP contribution in [0.4, 0.5) is 5.69 Å². The van der Waals surface area contributed by atoms with E-state index in [1.807, 2.05) is 6.07 Å². The van der Waals surface area contributed by atoms with E-state index in [4.69, 9.17) is 0 Å². The third-order valence-electron chi connectivity index (χ3n) is 5.00. The standard InChI is InChI=1S/C19H18BrNO/c20-14-6-8-15(9-7-14)21-16-10-11-17(18(22)12-16)19(21)13-4-2-1-3-5-13/h1-9,16-17,19H,10-12H2/t16-,17+,19+/m1/s1. The maximum atomic E-state index is 12.4. The van der Waals surface area contributed by atoms with Crippen LogP contribution in [0.2, 0.25) is 0 Å². The van der Waals surface area contributed by atoms with Crippen molar-refractivity contribution < 1.29 is 4.79 Å². The van der Waals surface area contributed by atoms with Gasteiger partial charge in [-0.25, -0.2) is 0 Å². The van der Waals surface area contributed by atoms with Crippen LogP contribution in [-0.4, -0.2) is 11.8 Å². The van der Waals surface area contributed by atoms with Gasteiger partial charge in [0, 0.05) is 28.5 Å². The maximum absolute atomic E-state index is 12.4. The highest BCUT2D eigenvalue weighted by Gasteiger charge is 2.47. The highest BCUT2D eigenvalue weighted by molar-refractivity contribution is 9.10. The van der Waals surface area contributed by atoms with E-state index in [1.54, 1.807) is 0 Å². The SMILES string of the molecule is O=C1C[C@H]2CC[C@@H]1[C@H](c1ccccc1)N2c1ccc(Br)cc1. The highest BCUT2D eigenvalue weighted by atomic mass is 79.9. The van der Waals surface area contributed by atoms with Crippen molar-refractivity contribution in [2.24, 2.45) is 5.92 Å². The smallest absolute Gasteiger partial charge is 0.140 e. The number of anilines is 1. The van der Waals surface area contributed by atoms with Gasteiger partial charge in [-0.15, -0.1) is 0 Å². The molecule has 3 fully saturated rings. The van der Waals surface area contributed by atoms with Crippen LogP contribution < -0.4 is 4.90 Å². The van der Waals surface area contributed by atoms with Gasteiger partial charge in [-0.05, 0) is 42.7 Å². The average Bonchev–Trinajstić information content (AvgIpc) is 2.56. The van der Waals surface area contributed by atoms with Gasteiger partial charge in [0.05, 0.1) is 6.04 Å². The molecule has 1 saturated carbocycles. The second-order valence-electron chi connectivity index (χ2n) is 6.25. The summed E-state index contributed by atoms with van der Waals surface area (Å²) in [5, 5.41) is 0. The number of Topliss-reactive ketones (excluding diaryl/α,β-unsaturated/α-hetero) is 1. The second kappa shape index (κ2) is 5.54. The summed E-state index contributed by atoms with van der Waals surface area (Å²) in [6.45, 7) is 0. The normalized spacial score (nSPS) is 27.2. The van der Waals surface area contributed by atoms with E-state index in [0.29, 0.717) is 18.2 Å². The number of halogens is 1. The molecule has 3 heteroatoms. The monoisotopic (exact) mass is 355 g/mol. The van der Waals surface area contributed by atoms with E-state index in [-0.39, 0.29) is 12.0 Å². The van der Waals surface area contributed by atoms with Crippen LogP contribution in [0.15, 0.2) is 59.1 Å². The number of carbonyl (C=O) groups excluding carboxylic acids is 1. The fourth-order valence-corrected chi connectivity index (χ4v) is 4.30. The largest absolute Gasteiger partial charge is 0.360 e. The molecule has 3 atom stereocenters. The van der Waals surface area contributed by atoms with Gasteiger partial charge in [0.2, 0.25) is 0 Å². The zero-order valence-electron chi connectivity index (χ0n) is 12.3. The molecule has 2 nitrogen and oxygen atoms in total. The molecule has 1 aliphatic carbocycles. The van der Waals surface area contributed by atoms with Crippen molar-refractivity contribution in [1.82, 2.24) is 0 Å². The quantitative estimate of drug-likeness (QED) is 0.774. The summed E-state index contributed by atoms with van der Waals surface area (Å²) in [6, 6.07) is 19.5. The molecule has 0 aromatic heterocycles. The lowest BCUT2D eigenvalue weighted by Crippen LogP contribution is -2.54. The fourth-order valence-electron chi connectivity index (χ4n) is 4.04. The predicted octanol–water partition coefficient (Wildman–Crippen LogP) is 4.75. The van der Waals surface area contributed by atoms with Gasteiger partial charge in [0.15, 0.2) is 0 Å². The Morgan fingerprint density at radius 2 is 1.68 bits per heavy atom. The number of ketones is 1. The van der Waals surface area contributed by atoms with Gasteiger partial charge < -0.3 is 4.90 Å². The van der Waals surface area contributed by atoms with Crippen molar-refractivity contribution in [3.8, 4) is 0 Å². The second-order valence-corrected chi connectivity index (χ2v) is 7.16. The molecule has 0 unspecified atom stereocenters. The Kier molecular flexibility index (Phi) is 3.53. The summed E-state index contributed by atoms with van der Waals surface area (Å²) < 4.78 is 1.09. The van der Waals surface area contributed by atoms with Crippen LogP contribution in [-0.2, 0) is 4.79 Å². The summed E-state index contributed by atoms with van der Waals surface area (Å²) >= 11 is 3.51. The maximum Gasteiger partial charge on any atom is 0.140 e. The van der Waals surface area contributed by atoms with Crippen molar-refractivity contribution in [3.05, 3.63) is 64.6 Å². The molecule has 22 heavy (non-hydrogen) atoms. The number of fused-ring (bicyclic) bond motifs is 3. The van der Waals surface area contributed by atoms with Gasteiger partial charge in [0.1, 0.15) is 5.78 Å². The van der Waals surface area contributed by atoms with Crippen LogP contribution in [0.25, 0.3) is 0 Å². The molecule has 0 amide bonds. The Balaban J connectivity index is 1.80. The first-order valence-electron chi connectivity index (χ1n) is 7.85. The van der Waals surface area contributed by atoms with Crippen molar-refractivity contribution in [2.75, 3.05) is 4.90 Å². The van der Waals surface area contributed by atoms with Gasteiger partial charge in [-0.2, -0.15) is 0 Å². The van der Waals surface area contributed by atoms with E-state index < -0.39 is 0 Å². The van der Waals surface area contributed by atoms with E-state index >= 15 is 0 Å².